The van der Waals surface area contributed by atoms with Crippen LogP contribution in [0.5, 0.6) is 0 Å². The molecule has 1 fully saturated rings. The normalized spacial score (nSPS) is 17.8. The average molecular weight is 351 g/mol. The summed E-state index contributed by atoms with van der Waals surface area (Å²) in [6.45, 7) is 6.73. The number of amides is 1. The molecule has 1 saturated heterocycles. The number of carbonyl (C=O) groups excluding carboxylic acids is 1. The molecule has 0 radical (unpaired) electrons. The number of halogens is 2. The van der Waals surface area contributed by atoms with Crippen molar-refractivity contribution in [2.45, 2.75) is 51.6 Å². The van der Waals surface area contributed by atoms with Crippen molar-refractivity contribution in [1.29, 1.82) is 0 Å². The molecule has 7 heteroatoms. The second-order valence-electron chi connectivity index (χ2n) is 5.85. The van der Waals surface area contributed by atoms with Gasteiger partial charge in [0.1, 0.15) is 5.82 Å². The van der Waals surface area contributed by atoms with E-state index in [-0.39, 0.29) is 30.7 Å². The monoisotopic (exact) mass is 350 g/mol. The topological polar surface area (TPSA) is 50.2 Å². The average Bonchev–Trinajstić information content (AvgIpc) is 2.93. The Morgan fingerprint density at radius 3 is 2.82 bits per heavy atom. The maximum atomic E-state index is 12.3. The number of hydrogen-bond acceptors (Lipinski definition) is 3. The third-order valence-electron chi connectivity index (χ3n) is 4.01. The molecule has 1 aliphatic rings. The number of piperidine rings is 1. The fourth-order valence-electron chi connectivity index (χ4n) is 2.82. The first-order chi connectivity index (χ1) is 9.61. The zero-order chi connectivity index (χ0) is 14.5. The summed E-state index contributed by atoms with van der Waals surface area (Å²) >= 11 is 0. The minimum atomic E-state index is 0. The molecular formula is C15H28Cl2N4O. The Bertz CT molecular complexity index is 451. The van der Waals surface area contributed by atoms with Crippen LogP contribution in [0.2, 0.25) is 0 Å². The van der Waals surface area contributed by atoms with Crippen LogP contribution in [0.4, 0.5) is 0 Å². The van der Waals surface area contributed by atoms with Crippen molar-refractivity contribution in [3.05, 3.63) is 18.2 Å². The summed E-state index contributed by atoms with van der Waals surface area (Å²) in [6, 6.07) is 0.451. The molecule has 2 rings (SSSR count). The standard InChI is InChI=1S/C15H26N4O.2ClH/c1-12(2)15-17-7-10-18(15)9-6-14(20)19-8-4-5-13(11-19)16-3;;/h7,10,12-13,16H,4-6,8-9,11H2,1-3H3;2*1H. The van der Waals surface area contributed by atoms with Crippen LogP contribution >= 0.6 is 24.8 Å². The van der Waals surface area contributed by atoms with E-state index in [4.69, 9.17) is 0 Å². The number of rotatable bonds is 5. The molecule has 0 saturated carbocycles. The molecule has 5 nitrogen and oxygen atoms in total. The Kier molecular flexibility index (Phi) is 9.72. The van der Waals surface area contributed by atoms with Crippen molar-refractivity contribution < 1.29 is 4.79 Å². The van der Waals surface area contributed by atoms with Crippen LogP contribution in [-0.4, -0.2) is 46.5 Å². The van der Waals surface area contributed by atoms with Crippen LogP contribution in [0.15, 0.2) is 12.4 Å². The first-order valence-corrected chi connectivity index (χ1v) is 7.58. The Balaban J connectivity index is 0.00000220. The van der Waals surface area contributed by atoms with E-state index in [0.29, 0.717) is 18.4 Å². The van der Waals surface area contributed by atoms with E-state index in [1.165, 1.54) is 6.42 Å². The van der Waals surface area contributed by atoms with Crippen LogP contribution in [0.1, 0.15) is 44.9 Å². The molecular weight excluding hydrogens is 323 g/mol. The van der Waals surface area contributed by atoms with E-state index in [1.54, 1.807) is 0 Å². The van der Waals surface area contributed by atoms with Gasteiger partial charge in [0.2, 0.25) is 5.91 Å². The van der Waals surface area contributed by atoms with E-state index in [0.717, 1.165) is 31.9 Å². The zero-order valence-corrected chi connectivity index (χ0v) is 15.3. The largest absolute Gasteiger partial charge is 0.341 e. The molecule has 1 atom stereocenters. The minimum absolute atomic E-state index is 0. The number of likely N-dealkylation sites (N-methyl/N-ethyl adjacent to an activating group) is 1. The Hall–Kier alpha value is -0.780. The number of hydrogen-bond donors (Lipinski definition) is 1. The molecule has 1 amide bonds. The Labute approximate surface area is 145 Å². The molecule has 0 spiro atoms. The van der Waals surface area contributed by atoms with E-state index in [2.05, 4.69) is 28.7 Å². The summed E-state index contributed by atoms with van der Waals surface area (Å²) in [5, 5.41) is 3.27. The van der Waals surface area contributed by atoms with Gasteiger partial charge in [0, 0.05) is 50.4 Å². The molecule has 1 N–H and O–H groups in total. The van der Waals surface area contributed by atoms with Gasteiger partial charge in [-0.25, -0.2) is 4.98 Å². The Morgan fingerprint density at radius 2 is 2.18 bits per heavy atom. The van der Waals surface area contributed by atoms with Gasteiger partial charge in [0.25, 0.3) is 0 Å². The predicted octanol–water partition coefficient (Wildman–Crippen LogP) is 2.45. The fraction of sp³-hybridized carbons (Fsp3) is 0.733. The van der Waals surface area contributed by atoms with E-state index < -0.39 is 0 Å². The summed E-state index contributed by atoms with van der Waals surface area (Å²) in [5.74, 6) is 1.71. The number of aryl methyl sites for hydroxylation is 1. The van der Waals surface area contributed by atoms with Crippen molar-refractivity contribution in [3.8, 4) is 0 Å². The van der Waals surface area contributed by atoms with Crippen LogP contribution in [-0.2, 0) is 11.3 Å². The molecule has 22 heavy (non-hydrogen) atoms. The van der Waals surface area contributed by atoms with Crippen molar-refractivity contribution in [3.63, 3.8) is 0 Å². The predicted molar refractivity (Wildman–Crippen MR) is 94.1 cm³/mol. The quantitative estimate of drug-likeness (QED) is 0.887. The zero-order valence-electron chi connectivity index (χ0n) is 13.6. The molecule has 1 aromatic rings. The number of carbonyl (C=O) groups is 1. The van der Waals surface area contributed by atoms with Gasteiger partial charge < -0.3 is 14.8 Å². The SMILES string of the molecule is CNC1CCCN(C(=O)CCn2ccnc2C(C)C)C1.Cl.Cl. The molecule has 1 unspecified atom stereocenters. The van der Waals surface area contributed by atoms with Crippen molar-refractivity contribution >= 4 is 30.7 Å². The van der Waals surface area contributed by atoms with Gasteiger partial charge in [-0.1, -0.05) is 13.8 Å². The van der Waals surface area contributed by atoms with Gasteiger partial charge >= 0.3 is 0 Å². The number of imidazole rings is 1. The second kappa shape index (κ2) is 10.1. The molecule has 128 valence electrons. The van der Waals surface area contributed by atoms with Crippen LogP contribution in [0.3, 0.4) is 0 Å². The highest BCUT2D eigenvalue weighted by Gasteiger charge is 2.22. The lowest BCUT2D eigenvalue weighted by molar-refractivity contribution is -0.132. The number of nitrogens with one attached hydrogen (secondary N) is 1. The lowest BCUT2D eigenvalue weighted by Gasteiger charge is -2.32. The lowest BCUT2D eigenvalue weighted by Crippen LogP contribution is -2.47. The first-order valence-electron chi connectivity index (χ1n) is 7.58. The highest BCUT2D eigenvalue weighted by molar-refractivity contribution is 5.85. The molecule has 0 bridgehead atoms. The summed E-state index contributed by atoms with van der Waals surface area (Å²) < 4.78 is 2.10. The number of nitrogens with zero attached hydrogens (tertiary/aromatic N) is 3. The van der Waals surface area contributed by atoms with Crippen LogP contribution < -0.4 is 5.32 Å². The number of aromatic nitrogens is 2. The van der Waals surface area contributed by atoms with Gasteiger partial charge in [0.05, 0.1) is 0 Å². The lowest BCUT2D eigenvalue weighted by atomic mass is 10.1. The second-order valence-corrected chi connectivity index (χ2v) is 5.85. The van der Waals surface area contributed by atoms with E-state index in [9.17, 15) is 4.79 Å². The summed E-state index contributed by atoms with van der Waals surface area (Å²) in [6.07, 6.45) is 6.61. The summed E-state index contributed by atoms with van der Waals surface area (Å²) in [4.78, 5) is 18.7. The third kappa shape index (κ3) is 5.45. The minimum Gasteiger partial charge on any atom is -0.341 e. The fourth-order valence-corrected chi connectivity index (χ4v) is 2.82. The Morgan fingerprint density at radius 1 is 1.45 bits per heavy atom. The molecule has 0 aliphatic carbocycles. The maximum absolute atomic E-state index is 12.3. The first kappa shape index (κ1) is 21.2. The van der Waals surface area contributed by atoms with E-state index >= 15 is 0 Å². The number of likely N-dealkylation sites (tertiary alicyclic amines) is 1. The van der Waals surface area contributed by atoms with Crippen molar-refractivity contribution in [1.82, 2.24) is 19.8 Å². The van der Waals surface area contributed by atoms with Gasteiger partial charge in [-0.2, -0.15) is 0 Å². The summed E-state index contributed by atoms with van der Waals surface area (Å²) in [7, 11) is 1.97. The molecule has 2 heterocycles. The van der Waals surface area contributed by atoms with Gasteiger partial charge in [-0.15, -0.1) is 24.8 Å². The smallest absolute Gasteiger partial charge is 0.224 e. The molecule has 1 aromatic heterocycles. The van der Waals surface area contributed by atoms with Crippen molar-refractivity contribution in [2.24, 2.45) is 0 Å². The molecule has 1 aliphatic heterocycles. The van der Waals surface area contributed by atoms with Gasteiger partial charge in [-0.3, -0.25) is 4.79 Å². The van der Waals surface area contributed by atoms with Crippen molar-refractivity contribution in [2.75, 3.05) is 20.1 Å². The highest BCUT2D eigenvalue weighted by Crippen LogP contribution is 2.14. The third-order valence-corrected chi connectivity index (χ3v) is 4.01. The van der Waals surface area contributed by atoms with E-state index in [1.807, 2.05) is 24.3 Å². The van der Waals surface area contributed by atoms with Gasteiger partial charge in [-0.05, 0) is 19.9 Å². The maximum Gasteiger partial charge on any atom is 0.224 e. The highest BCUT2D eigenvalue weighted by atomic mass is 35.5. The summed E-state index contributed by atoms with van der Waals surface area (Å²) in [5.41, 5.74) is 0. The van der Waals surface area contributed by atoms with Gasteiger partial charge in [0.15, 0.2) is 0 Å². The molecule has 0 aromatic carbocycles. The van der Waals surface area contributed by atoms with Crippen LogP contribution in [0.25, 0.3) is 0 Å². The van der Waals surface area contributed by atoms with Crippen LogP contribution in [0, 0.1) is 0 Å².